The van der Waals surface area contributed by atoms with Gasteiger partial charge < -0.3 is 25.2 Å². The van der Waals surface area contributed by atoms with Gasteiger partial charge in [0.15, 0.2) is 24.6 Å². The first kappa shape index (κ1) is 25.0. The Labute approximate surface area is 185 Å². The molecule has 0 saturated heterocycles. The number of hydrogen-bond acceptors (Lipinski definition) is 6. The predicted molar refractivity (Wildman–Crippen MR) is 112 cm³/mol. The van der Waals surface area contributed by atoms with Gasteiger partial charge >= 0.3 is 0 Å². The predicted octanol–water partition coefficient (Wildman–Crippen LogP) is 1.17. The molecule has 0 saturated carbocycles. The number of rotatable bonds is 4. The van der Waals surface area contributed by atoms with Crippen molar-refractivity contribution in [3.05, 3.63) is 62.2 Å². The lowest BCUT2D eigenvalue weighted by Gasteiger charge is -2.15. The fraction of sp³-hybridized carbons (Fsp3) is 0.333. The van der Waals surface area contributed by atoms with Gasteiger partial charge in [0.1, 0.15) is 0 Å². The third kappa shape index (κ3) is 7.69. The summed E-state index contributed by atoms with van der Waals surface area (Å²) in [5.41, 5.74) is 0.746. The maximum atomic E-state index is 11.4. The van der Waals surface area contributed by atoms with Crippen LogP contribution in [0, 0.1) is 5.21 Å². The average Bonchev–Trinajstić information content (AvgIpc) is 2.65. The van der Waals surface area contributed by atoms with Gasteiger partial charge in [0.25, 0.3) is 11.8 Å². The molecule has 0 spiro atoms. The van der Waals surface area contributed by atoms with Crippen LogP contribution in [-0.4, -0.2) is 65.0 Å². The minimum Gasteiger partial charge on any atom is -0.619 e. The molecule has 0 bridgehead atoms. The lowest BCUT2D eigenvalue weighted by molar-refractivity contribution is -0.606. The Morgan fingerprint density at radius 3 is 1.86 bits per heavy atom. The van der Waals surface area contributed by atoms with Crippen LogP contribution >= 0.6 is 31.9 Å². The van der Waals surface area contributed by atoms with E-state index in [0.29, 0.717) is 14.8 Å². The normalized spacial score (nSPS) is 12.3. The topological polar surface area (TPSA) is 121 Å². The molecule has 0 aliphatic carbocycles. The minimum atomic E-state index is -1.31. The average molecular weight is 534 g/mol. The van der Waals surface area contributed by atoms with E-state index in [2.05, 4.69) is 36.8 Å². The number of aliphatic hydroxyl groups excluding tert-OH is 2. The first-order valence-electron chi connectivity index (χ1n) is 8.22. The summed E-state index contributed by atoms with van der Waals surface area (Å²) >= 11 is 6.33. The van der Waals surface area contributed by atoms with Gasteiger partial charge in [-0.1, -0.05) is 0 Å². The van der Waals surface area contributed by atoms with Gasteiger partial charge in [0, 0.05) is 50.6 Å². The lowest BCUT2D eigenvalue weighted by atomic mass is 10.1. The highest BCUT2D eigenvalue weighted by atomic mass is 79.9. The molecule has 2 N–H and O–H groups in total. The molecule has 158 valence electrons. The summed E-state index contributed by atoms with van der Waals surface area (Å²) < 4.78 is 1.78. The van der Waals surface area contributed by atoms with E-state index in [1.807, 2.05) is 0 Å². The second kappa shape index (κ2) is 11.2. The highest BCUT2D eigenvalue weighted by Crippen LogP contribution is 2.18. The summed E-state index contributed by atoms with van der Waals surface area (Å²) in [5.74, 6) is -0.821. The van der Waals surface area contributed by atoms with Crippen molar-refractivity contribution < 1.29 is 24.5 Å². The highest BCUT2D eigenvalue weighted by molar-refractivity contribution is 9.10. The van der Waals surface area contributed by atoms with Gasteiger partial charge in [-0.25, -0.2) is 0 Å². The number of nitrogens with zero attached hydrogens (tertiary/aromatic N) is 4. The fourth-order valence-corrected chi connectivity index (χ4v) is 2.89. The summed E-state index contributed by atoms with van der Waals surface area (Å²) in [6.07, 6.45) is 3.06. The summed E-state index contributed by atoms with van der Waals surface area (Å²) in [4.78, 5) is 29.3. The van der Waals surface area contributed by atoms with E-state index < -0.39 is 18.1 Å². The molecule has 29 heavy (non-hydrogen) atoms. The first-order valence-corrected chi connectivity index (χ1v) is 9.80. The van der Waals surface area contributed by atoms with Crippen molar-refractivity contribution in [3.8, 4) is 0 Å². The van der Waals surface area contributed by atoms with Crippen molar-refractivity contribution in [2.75, 3.05) is 28.2 Å². The molecule has 0 radical (unpaired) electrons. The van der Waals surface area contributed by atoms with Crippen LogP contribution in [0.25, 0.3) is 0 Å². The van der Waals surface area contributed by atoms with E-state index in [1.165, 1.54) is 42.4 Å². The Balaban J connectivity index is 0.000000291. The largest absolute Gasteiger partial charge is 0.619 e. The molecule has 2 rings (SSSR count). The molecule has 2 heterocycles. The summed E-state index contributed by atoms with van der Waals surface area (Å²) in [7, 11) is 6.26. The molecule has 2 amide bonds. The van der Waals surface area contributed by atoms with Gasteiger partial charge in [-0.3, -0.25) is 14.6 Å². The number of halogens is 2. The Morgan fingerprint density at radius 1 is 0.931 bits per heavy atom. The summed E-state index contributed by atoms with van der Waals surface area (Å²) in [6, 6.07) is 3.19. The van der Waals surface area contributed by atoms with Crippen molar-refractivity contribution in [3.63, 3.8) is 0 Å². The summed E-state index contributed by atoms with van der Waals surface area (Å²) in [5, 5.41) is 30.3. The number of aromatic nitrogens is 2. The number of aliphatic hydroxyl groups is 2. The van der Waals surface area contributed by atoms with Crippen molar-refractivity contribution in [2.45, 2.75) is 12.2 Å². The van der Waals surface area contributed by atoms with E-state index in [9.17, 15) is 25.0 Å². The van der Waals surface area contributed by atoms with Crippen LogP contribution in [0.2, 0.25) is 0 Å². The molecule has 11 heteroatoms. The molecule has 0 aliphatic rings. The highest BCUT2D eigenvalue weighted by Gasteiger charge is 2.22. The van der Waals surface area contributed by atoms with E-state index in [1.54, 1.807) is 26.4 Å². The first-order chi connectivity index (χ1) is 13.4. The van der Waals surface area contributed by atoms with Crippen LogP contribution in [0.4, 0.5) is 0 Å². The zero-order valence-electron chi connectivity index (χ0n) is 16.3. The SMILES string of the molecule is CN(C)C(=O)C(O)c1cc(Br)c[n+]([O-])c1.CN(C)C(=O)C(O)c1cncc(Br)c1. The quantitative estimate of drug-likeness (QED) is 0.449. The van der Waals surface area contributed by atoms with Gasteiger partial charge in [0.2, 0.25) is 0 Å². The van der Waals surface area contributed by atoms with E-state index in [-0.39, 0.29) is 11.5 Å². The van der Waals surface area contributed by atoms with Crippen LogP contribution < -0.4 is 4.73 Å². The number of likely N-dealkylation sites (N-methyl/N-ethyl adjacent to an activating group) is 2. The maximum absolute atomic E-state index is 11.4. The van der Waals surface area contributed by atoms with Crippen LogP contribution in [0.3, 0.4) is 0 Å². The maximum Gasteiger partial charge on any atom is 0.255 e. The van der Waals surface area contributed by atoms with Crippen molar-refractivity contribution >= 4 is 43.7 Å². The smallest absolute Gasteiger partial charge is 0.255 e. The van der Waals surface area contributed by atoms with E-state index in [4.69, 9.17) is 0 Å². The third-order valence-corrected chi connectivity index (χ3v) is 4.41. The molecular formula is C18H22Br2N4O5. The minimum absolute atomic E-state index is 0.262. The molecule has 0 fully saturated rings. The van der Waals surface area contributed by atoms with Crippen molar-refractivity contribution in [1.29, 1.82) is 0 Å². The molecule has 2 aromatic heterocycles. The van der Waals surface area contributed by atoms with E-state index in [0.717, 1.165) is 10.7 Å². The van der Waals surface area contributed by atoms with Gasteiger partial charge in [0.05, 0.1) is 10.0 Å². The standard InChI is InChI=1S/C9H11BrN2O3.C9H11BrN2O2/c1-11(2)9(14)8(13)6-3-7(10)5-12(15)4-6;1-12(2)9(14)8(13)6-3-7(10)5-11-4-6/h3-5,8,13H,1-2H3;3-5,8,13H,1-2H3. The zero-order valence-corrected chi connectivity index (χ0v) is 19.5. The lowest BCUT2D eigenvalue weighted by Crippen LogP contribution is -2.31. The molecular weight excluding hydrogens is 512 g/mol. The molecule has 0 aliphatic heterocycles. The van der Waals surface area contributed by atoms with Crippen molar-refractivity contribution in [2.24, 2.45) is 0 Å². The number of carbonyl (C=O) groups is 2. The zero-order chi connectivity index (χ0) is 22.3. The molecule has 0 aromatic carbocycles. The molecule has 9 nitrogen and oxygen atoms in total. The fourth-order valence-electron chi connectivity index (χ4n) is 2.04. The van der Waals surface area contributed by atoms with Gasteiger partial charge in [-0.05, 0) is 44.0 Å². The Morgan fingerprint density at radius 2 is 1.41 bits per heavy atom. The number of hydrogen-bond donors (Lipinski definition) is 2. The Bertz CT molecular complexity index is 844. The second-order valence-corrected chi connectivity index (χ2v) is 8.19. The van der Waals surface area contributed by atoms with Gasteiger partial charge in [-0.15, -0.1) is 0 Å². The molecule has 2 unspecified atom stereocenters. The molecule has 2 aromatic rings. The van der Waals surface area contributed by atoms with Crippen LogP contribution in [0.5, 0.6) is 0 Å². The van der Waals surface area contributed by atoms with Crippen LogP contribution in [-0.2, 0) is 9.59 Å². The van der Waals surface area contributed by atoms with E-state index >= 15 is 0 Å². The number of carbonyl (C=O) groups excluding carboxylic acids is 2. The van der Waals surface area contributed by atoms with Crippen LogP contribution in [0.1, 0.15) is 23.3 Å². The monoisotopic (exact) mass is 532 g/mol. The Kier molecular flexibility index (Phi) is 9.63. The number of amides is 2. The second-order valence-electron chi connectivity index (χ2n) is 6.35. The third-order valence-electron chi connectivity index (χ3n) is 3.54. The summed E-state index contributed by atoms with van der Waals surface area (Å²) in [6.45, 7) is 0. The molecule has 2 atom stereocenters. The van der Waals surface area contributed by atoms with Gasteiger partial charge in [-0.2, -0.15) is 4.73 Å². The van der Waals surface area contributed by atoms with Crippen molar-refractivity contribution in [1.82, 2.24) is 14.8 Å². The Hall–Kier alpha value is -2.08. The van der Waals surface area contributed by atoms with Crippen LogP contribution in [0.15, 0.2) is 45.9 Å². The number of pyridine rings is 2.